The molecule has 1 heterocycles. The number of likely N-dealkylation sites (tertiary alicyclic amines) is 1. The molecule has 0 unspecified atom stereocenters. The van der Waals surface area contributed by atoms with Crippen molar-refractivity contribution in [2.24, 2.45) is 0 Å². The largest absolute Gasteiger partial charge is 0.443 e. The van der Waals surface area contributed by atoms with Crippen LogP contribution in [-0.4, -0.2) is 29.0 Å². The van der Waals surface area contributed by atoms with Crippen LogP contribution < -0.4 is 0 Å². The number of imide groups is 1. The van der Waals surface area contributed by atoms with Gasteiger partial charge in [0, 0.05) is 23.9 Å². The SMILES string of the molecule is CC(C)(C)OC(=O)N1C[C@@H](c2cccc(Cl)c2)CC1=O. The van der Waals surface area contributed by atoms with E-state index in [0.29, 0.717) is 18.0 Å². The maximum atomic E-state index is 12.0. The van der Waals surface area contributed by atoms with Gasteiger partial charge in [-0.05, 0) is 38.5 Å². The van der Waals surface area contributed by atoms with Crippen LogP contribution in [0, 0.1) is 0 Å². The fraction of sp³-hybridized carbons (Fsp3) is 0.467. The molecule has 1 saturated heterocycles. The van der Waals surface area contributed by atoms with E-state index in [9.17, 15) is 9.59 Å². The Bertz CT molecular complexity index is 536. The summed E-state index contributed by atoms with van der Waals surface area (Å²) in [5.41, 5.74) is 0.364. The maximum absolute atomic E-state index is 12.0. The van der Waals surface area contributed by atoms with Gasteiger partial charge in [0.15, 0.2) is 0 Å². The molecule has 5 heteroatoms. The molecule has 108 valence electrons. The molecule has 0 bridgehead atoms. The predicted octanol–water partition coefficient (Wildman–Crippen LogP) is 3.59. The molecule has 0 aromatic heterocycles. The first-order valence-electron chi connectivity index (χ1n) is 6.55. The second-order valence-corrected chi connectivity index (χ2v) is 6.38. The van der Waals surface area contributed by atoms with Crippen LogP contribution in [0.2, 0.25) is 5.02 Å². The van der Waals surface area contributed by atoms with Gasteiger partial charge in [0.2, 0.25) is 5.91 Å². The van der Waals surface area contributed by atoms with Crippen molar-refractivity contribution in [3.05, 3.63) is 34.9 Å². The number of halogens is 1. The molecular weight excluding hydrogens is 278 g/mol. The highest BCUT2D eigenvalue weighted by Crippen LogP contribution is 2.30. The molecular formula is C15H18ClNO3. The van der Waals surface area contributed by atoms with Crippen LogP contribution in [-0.2, 0) is 9.53 Å². The minimum atomic E-state index is -0.606. The van der Waals surface area contributed by atoms with E-state index in [0.717, 1.165) is 5.56 Å². The summed E-state index contributed by atoms with van der Waals surface area (Å²) in [5, 5.41) is 0.630. The Morgan fingerprint density at radius 3 is 2.70 bits per heavy atom. The number of ether oxygens (including phenoxy) is 1. The molecule has 0 aliphatic carbocycles. The first-order chi connectivity index (χ1) is 9.26. The summed E-state index contributed by atoms with van der Waals surface area (Å²) >= 11 is 5.96. The van der Waals surface area contributed by atoms with Gasteiger partial charge in [-0.3, -0.25) is 4.79 Å². The van der Waals surface area contributed by atoms with E-state index in [1.54, 1.807) is 26.8 Å². The molecule has 0 N–H and O–H groups in total. The molecule has 0 spiro atoms. The number of hydrogen-bond acceptors (Lipinski definition) is 3. The number of benzene rings is 1. The van der Waals surface area contributed by atoms with E-state index in [-0.39, 0.29) is 11.8 Å². The zero-order valence-corrected chi connectivity index (χ0v) is 12.6. The minimum absolute atomic E-state index is 0.0197. The van der Waals surface area contributed by atoms with Crippen molar-refractivity contribution in [1.29, 1.82) is 0 Å². The lowest BCUT2D eigenvalue weighted by Gasteiger charge is -2.23. The Morgan fingerprint density at radius 1 is 1.40 bits per heavy atom. The molecule has 2 rings (SSSR count). The van der Waals surface area contributed by atoms with Gasteiger partial charge >= 0.3 is 6.09 Å². The van der Waals surface area contributed by atoms with Crippen LogP contribution in [0.1, 0.15) is 38.7 Å². The summed E-state index contributed by atoms with van der Waals surface area (Å²) in [6, 6.07) is 7.38. The van der Waals surface area contributed by atoms with Crippen LogP contribution in [0.3, 0.4) is 0 Å². The Hall–Kier alpha value is -1.55. The number of hydrogen-bond donors (Lipinski definition) is 0. The first-order valence-corrected chi connectivity index (χ1v) is 6.93. The average Bonchev–Trinajstić information content (AvgIpc) is 2.69. The summed E-state index contributed by atoms with van der Waals surface area (Å²) in [7, 11) is 0. The summed E-state index contributed by atoms with van der Waals surface area (Å²) in [6.07, 6.45) is -0.272. The van der Waals surface area contributed by atoms with Gasteiger partial charge in [-0.2, -0.15) is 0 Å². The molecule has 20 heavy (non-hydrogen) atoms. The van der Waals surface area contributed by atoms with Crippen molar-refractivity contribution in [2.45, 2.75) is 38.7 Å². The van der Waals surface area contributed by atoms with Gasteiger partial charge in [0.05, 0.1) is 0 Å². The van der Waals surface area contributed by atoms with Crippen molar-refractivity contribution in [1.82, 2.24) is 4.90 Å². The second-order valence-electron chi connectivity index (χ2n) is 5.94. The molecule has 1 aromatic rings. The number of rotatable bonds is 1. The zero-order chi connectivity index (χ0) is 14.9. The monoisotopic (exact) mass is 295 g/mol. The van der Waals surface area contributed by atoms with Gasteiger partial charge in [-0.25, -0.2) is 9.69 Å². The van der Waals surface area contributed by atoms with E-state index in [1.165, 1.54) is 4.90 Å². The molecule has 1 aliphatic heterocycles. The number of carbonyl (C=O) groups is 2. The lowest BCUT2D eigenvalue weighted by Crippen LogP contribution is -2.37. The second kappa shape index (κ2) is 5.44. The summed E-state index contributed by atoms with van der Waals surface area (Å²) < 4.78 is 5.24. The van der Waals surface area contributed by atoms with Crippen molar-refractivity contribution >= 4 is 23.6 Å². The Balaban J connectivity index is 2.09. The molecule has 1 fully saturated rings. The summed E-state index contributed by atoms with van der Waals surface area (Å²) in [5.74, 6) is -0.224. The molecule has 4 nitrogen and oxygen atoms in total. The minimum Gasteiger partial charge on any atom is -0.443 e. The smallest absolute Gasteiger partial charge is 0.417 e. The standard InChI is InChI=1S/C15H18ClNO3/c1-15(2,3)20-14(19)17-9-11(8-13(17)18)10-5-4-6-12(16)7-10/h4-7,11H,8-9H2,1-3H3/t11-/m0/s1. The molecule has 0 radical (unpaired) electrons. The zero-order valence-electron chi connectivity index (χ0n) is 11.9. The fourth-order valence-corrected chi connectivity index (χ4v) is 2.38. The lowest BCUT2D eigenvalue weighted by atomic mass is 9.98. The van der Waals surface area contributed by atoms with Crippen molar-refractivity contribution in [3.8, 4) is 0 Å². The third kappa shape index (κ3) is 3.51. The highest BCUT2D eigenvalue weighted by atomic mass is 35.5. The van der Waals surface area contributed by atoms with E-state index >= 15 is 0 Å². The van der Waals surface area contributed by atoms with Gasteiger partial charge in [-0.1, -0.05) is 23.7 Å². The first kappa shape index (κ1) is 14.9. The van der Waals surface area contributed by atoms with Crippen molar-refractivity contribution in [2.75, 3.05) is 6.54 Å². The van der Waals surface area contributed by atoms with Crippen LogP contribution in [0.15, 0.2) is 24.3 Å². The van der Waals surface area contributed by atoms with Crippen molar-refractivity contribution in [3.63, 3.8) is 0 Å². The Kier molecular flexibility index (Phi) is 4.04. The van der Waals surface area contributed by atoms with Gasteiger partial charge in [-0.15, -0.1) is 0 Å². The highest BCUT2D eigenvalue weighted by molar-refractivity contribution is 6.30. The van der Waals surface area contributed by atoms with Gasteiger partial charge < -0.3 is 4.74 Å². The van der Waals surface area contributed by atoms with Crippen LogP contribution in [0.4, 0.5) is 4.79 Å². The molecule has 1 aromatic carbocycles. The van der Waals surface area contributed by atoms with E-state index < -0.39 is 11.7 Å². The van der Waals surface area contributed by atoms with Crippen LogP contribution in [0.25, 0.3) is 0 Å². The Morgan fingerprint density at radius 2 is 2.10 bits per heavy atom. The van der Waals surface area contributed by atoms with E-state index in [1.807, 2.05) is 18.2 Å². The third-order valence-corrected chi connectivity index (χ3v) is 3.29. The number of amides is 2. The summed E-state index contributed by atoms with van der Waals surface area (Å²) in [6.45, 7) is 5.67. The van der Waals surface area contributed by atoms with E-state index in [2.05, 4.69) is 0 Å². The van der Waals surface area contributed by atoms with Gasteiger partial charge in [0.25, 0.3) is 0 Å². The van der Waals surface area contributed by atoms with E-state index in [4.69, 9.17) is 16.3 Å². The quantitative estimate of drug-likeness (QED) is 0.795. The summed E-state index contributed by atoms with van der Waals surface area (Å²) in [4.78, 5) is 25.1. The van der Waals surface area contributed by atoms with Crippen LogP contribution >= 0.6 is 11.6 Å². The molecule has 2 amide bonds. The number of carbonyl (C=O) groups excluding carboxylic acids is 2. The fourth-order valence-electron chi connectivity index (χ4n) is 2.18. The van der Waals surface area contributed by atoms with Crippen LogP contribution in [0.5, 0.6) is 0 Å². The molecule has 0 saturated carbocycles. The maximum Gasteiger partial charge on any atom is 0.417 e. The third-order valence-electron chi connectivity index (χ3n) is 3.06. The topological polar surface area (TPSA) is 46.6 Å². The normalized spacial score (nSPS) is 19.3. The van der Waals surface area contributed by atoms with Crippen molar-refractivity contribution < 1.29 is 14.3 Å². The predicted molar refractivity (Wildman–Crippen MR) is 76.8 cm³/mol. The Labute approximate surface area is 123 Å². The molecule has 1 atom stereocenters. The number of nitrogens with zero attached hydrogens (tertiary/aromatic N) is 1. The van der Waals surface area contributed by atoms with Gasteiger partial charge in [0.1, 0.15) is 5.60 Å². The average molecular weight is 296 g/mol. The highest BCUT2D eigenvalue weighted by Gasteiger charge is 2.37. The lowest BCUT2D eigenvalue weighted by molar-refractivity contribution is -0.126. The molecule has 1 aliphatic rings.